The van der Waals surface area contributed by atoms with Gasteiger partial charge in [-0.1, -0.05) is 23.2 Å². The predicted octanol–water partition coefficient (Wildman–Crippen LogP) is 2.40. The monoisotopic (exact) mass is 203 g/mol. The van der Waals surface area contributed by atoms with Crippen molar-refractivity contribution in [1.82, 2.24) is 0 Å². The topological polar surface area (TPSA) is 43.1 Å². The number of benzene rings is 1. The molecule has 0 saturated carbocycles. The van der Waals surface area contributed by atoms with Gasteiger partial charge < -0.3 is 5.73 Å². The Bertz CT molecular complexity index is 336. The first-order chi connectivity index (χ1) is 5.52. The summed E-state index contributed by atoms with van der Waals surface area (Å²) in [6.07, 6.45) is 0. The van der Waals surface area contributed by atoms with Crippen molar-refractivity contribution in [2.45, 2.75) is 6.92 Å². The summed E-state index contributed by atoms with van der Waals surface area (Å²) in [6, 6.07) is 3.09. The van der Waals surface area contributed by atoms with Crippen LogP contribution in [-0.2, 0) is 0 Å². The molecule has 1 amide bonds. The van der Waals surface area contributed by atoms with Gasteiger partial charge in [-0.25, -0.2) is 0 Å². The molecule has 0 saturated heterocycles. The van der Waals surface area contributed by atoms with Gasteiger partial charge in [-0.3, -0.25) is 4.79 Å². The molecule has 0 radical (unpaired) electrons. The number of primary amides is 1. The van der Waals surface area contributed by atoms with Crippen LogP contribution < -0.4 is 5.73 Å². The summed E-state index contributed by atoms with van der Waals surface area (Å²) in [5.74, 6) is -0.542. The summed E-state index contributed by atoms with van der Waals surface area (Å²) < 4.78 is 0. The second kappa shape index (κ2) is 3.33. The Kier molecular flexibility index (Phi) is 2.60. The van der Waals surface area contributed by atoms with Crippen molar-refractivity contribution in [1.29, 1.82) is 0 Å². The van der Waals surface area contributed by atoms with E-state index in [2.05, 4.69) is 0 Å². The number of aryl methyl sites for hydroxylation is 1. The molecule has 2 nitrogen and oxygen atoms in total. The number of rotatable bonds is 1. The molecule has 0 aliphatic rings. The summed E-state index contributed by atoms with van der Waals surface area (Å²) in [7, 11) is 0. The zero-order chi connectivity index (χ0) is 9.30. The van der Waals surface area contributed by atoms with E-state index in [0.717, 1.165) is 5.56 Å². The van der Waals surface area contributed by atoms with Crippen LogP contribution in [0.25, 0.3) is 0 Å². The van der Waals surface area contributed by atoms with Crippen LogP contribution in [0.15, 0.2) is 12.1 Å². The third kappa shape index (κ3) is 1.71. The smallest absolute Gasteiger partial charge is 0.250 e. The largest absolute Gasteiger partial charge is 0.366 e. The third-order valence-corrected chi connectivity index (χ3v) is 2.23. The molecular weight excluding hydrogens is 197 g/mol. The lowest BCUT2D eigenvalue weighted by Crippen LogP contribution is -2.11. The highest BCUT2D eigenvalue weighted by Crippen LogP contribution is 2.24. The zero-order valence-corrected chi connectivity index (χ0v) is 7.91. The Hall–Kier alpha value is -0.730. The van der Waals surface area contributed by atoms with Gasteiger partial charge >= 0.3 is 0 Å². The lowest BCUT2D eigenvalue weighted by molar-refractivity contribution is 0.100. The Morgan fingerprint density at radius 3 is 2.42 bits per heavy atom. The van der Waals surface area contributed by atoms with E-state index in [9.17, 15) is 4.79 Å². The van der Waals surface area contributed by atoms with E-state index in [1.807, 2.05) is 0 Å². The summed E-state index contributed by atoms with van der Waals surface area (Å²) in [4.78, 5) is 10.8. The normalized spacial score (nSPS) is 9.92. The minimum atomic E-state index is -0.542. The number of nitrogens with two attached hydrogens (primary N) is 1. The number of amides is 1. The summed E-state index contributed by atoms with van der Waals surface area (Å²) in [6.45, 7) is 1.78. The molecule has 0 atom stereocenters. The molecule has 2 N–H and O–H groups in total. The molecule has 4 heteroatoms. The van der Waals surface area contributed by atoms with Crippen LogP contribution in [0.3, 0.4) is 0 Å². The van der Waals surface area contributed by atoms with Gasteiger partial charge in [0.15, 0.2) is 0 Å². The lowest BCUT2D eigenvalue weighted by atomic mass is 10.1. The fourth-order valence-corrected chi connectivity index (χ4v) is 1.32. The zero-order valence-electron chi connectivity index (χ0n) is 6.40. The quantitative estimate of drug-likeness (QED) is 0.749. The Morgan fingerprint density at radius 1 is 1.33 bits per heavy atom. The van der Waals surface area contributed by atoms with Crippen LogP contribution in [0, 0.1) is 6.92 Å². The Labute approximate surface area is 80.3 Å². The maximum absolute atomic E-state index is 10.8. The lowest BCUT2D eigenvalue weighted by Gasteiger charge is -2.02. The van der Waals surface area contributed by atoms with Gasteiger partial charge in [0.25, 0.3) is 0 Å². The standard InChI is InChI=1S/C8H7Cl2NO/c1-4-2-5(8(11)12)7(10)3-6(4)9/h2-3H,1H3,(H2,11,12). The number of carbonyl (C=O) groups excluding carboxylic acids is 1. The van der Waals surface area contributed by atoms with Gasteiger partial charge in [0.1, 0.15) is 0 Å². The van der Waals surface area contributed by atoms with E-state index in [-0.39, 0.29) is 5.02 Å². The number of halogens is 2. The van der Waals surface area contributed by atoms with Crippen molar-refractivity contribution in [2.75, 3.05) is 0 Å². The number of hydrogen-bond acceptors (Lipinski definition) is 1. The van der Waals surface area contributed by atoms with Crippen molar-refractivity contribution in [3.63, 3.8) is 0 Å². The molecule has 0 aliphatic carbocycles. The molecule has 1 aromatic rings. The Morgan fingerprint density at radius 2 is 1.92 bits per heavy atom. The van der Waals surface area contributed by atoms with Crippen LogP contribution in [0.4, 0.5) is 0 Å². The second-order valence-corrected chi connectivity index (χ2v) is 3.26. The first-order valence-corrected chi connectivity index (χ1v) is 4.03. The van der Waals surface area contributed by atoms with Crippen LogP contribution in [0.1, 0.15) is 15.9 Å². The van der Waals surface area contributed by atoms with E-state index in [4.69, 9.17) is 28.9 Å². The third-order valence-electron chi connectivity index (χ3n) is 1.51. The van der Waals surface area contributed by atoms with Gasteiger partial charge in [-0.15, -0.1) is 0 Å². The van der Waals surface area contributed by atoms with Gasteiger partial charge in [-0.2, -0.15) is 0 Å². The summed E-state index contributed by atoms with van der Waals surface area (Å²) >= 11 is 11.5. The molecule has 12 heavy (non-hydrogen) atoms. The van der Waals surface area contributed by atoms with Gasteiger partial charge in [0, 0.05) is 5.02 Å². The van der Waals surface area contributed by atoms with E-state index in [1.165, 1.54) is 6.07 Å². The minimum Gasteiger partial charge on any atom is -0.366 e. The first kappa shape index (κ1) is 9.36. The van der Waals surface area contributed by atoms with Crippen molar-refractivity contribution in [2.24, 2.45) is 5.73 Å². The van der Waals surface area contributed by atoms with E-state index >= 15 is 0 Å². The van der Waals surface area contributed by atoms with Crippen molar-refractivity contribution in [3.05, 3.63) is 33.3 Å². The summed E-state index contributed by atoms with van der Waals surface area (Å²) in [5.41, 5.74) is 6.16. The molecule has 0 spiro atoms. The molecule has 0 aliphatic heterocycles. The maximum atomic E-state index is 10.8. The van der Waals surface area contributed by atoms with Gasteiger partial charge in [-0.05, 0) is 24.6 Å². The Balaban J connectivity index is 3.33. The second-order valence-electron chi connectivity index (χ2n) is 2.45. The van der Waals surface area contributed by atoms with Crippen LogP contribution in [-0.4, -0.2) is 5.91 Å². The van der Waals surface area contributed by atoms with Crippen LogP contribution >= 0.6 is 23.2 Å². The van der Waals surface area contributed by atoms with Crippen molar-refractivity contribution >= 4 is 29.1 Å². The molecular formula is C8H7Cl2NO. The van der Waals surface area contributed by atoms with Crippen LogP contribution in [0.5, 0.6) is 0 Å². The first-order valence-electron chi connectivity index (χ1n) is 3.28. The van der Waals surface area contributed by atoms with E-state index in [1.54, 1.807) is 13.0 Å². The van der Waals surface area contributed by atoms with Gasteiger partial charge in [0.2, 0.25) is 5.91 Å². The molecule has 0 aromatic heterocycles. The average Bonchev–Trinajstić information content (AvgIpc) is 1.96. The fourth-order valence-electron chi connectivity index (χ4n) is 0.846. The molecule has 64 valence electrons. The highest BCUT2D eigenvalue weighted by molar-refractivity contribution is 6.37. The average molecular weight is 204 g/mol. The fraction of sp³-hybridized carbons (Fsp3) is 0.125. The highest BCUT2D eigenvalue weighted by Gasteiger charge is 2.08. The summed E-state index contributed by atoms with van der Waals surface area (Å²) in [5, 5.41) is 0.822. The van der Waals surface area contributed by atoms with Gasteiger partial charge in [0.05, 0.1) is 10.6 Å². The van der Waals surface area contributed by atoms with Crippen molar-refractivity contribution in [3.8, 4) is 0 Å². The van der Waals surface area contributed by atoms with E-state index < -0.39 is 5.91 Å². The number of carbonyl (C=O) groups is 1. The molecule has 1 aromatic carbocycles. The molecule has 1 rings (SSSR count). The van der Waals surface area contributed by atoms with Crippen molar-refractivity contribution < 1.29 is 4.79 Å². The number of hydrogen-bond donors (Lipinski definition) is 1. The molecule has 0 fully saturated rings. The maximum Gasteiger partial charge on any atom is 0.250 e. The SMILES string of the molecule is Cc1cc(C(N)=O)c(Cl)cc1Cl. The molecule has 0 unspecified atom stereocenters. The highest BCUT2D eigenvalue weighted by atomic mass is 35.5. The van der Waals surface area contributed by atoms with E-state index in [0.29, 0.717) is 10.6 Å². The minimum absolute atomic E-state index is 0.290. The molecule has 0 bridgehead atoms. The van der Waals surface area contributed by atoms with Crippen LogP contribution in [0.2, 0.25) is 10.0 Å². The predicted molar refractivity (Wildman–Crippen MR) is 49.7 cm³/mol. The molecule has 0 heterocycles.